The summed E-state index contributed by atoms with van der Waals surface area (Å²) in [5, 5.41) is 0. The highest BCUT2D eigenvalue weighted by atomic mass is 79.9. The van der Waals surface area contributed by atoms with Crippen LogP contribution < -0.4 is 0 Å². The molecule has 0 nitrogen and oxygen atoms in total. The van der Waals surface area contributed by atoms with E-state index in [2.05, 4.69) is 58.4 Å². The summed E-state index contributed by atoms with van der Waals surface area (Å²) in [6, 6.07) is 15.2. The molecule has 0 aromatic heterocycles. The molecule has 2 aromatic rings. The van der Waals surface area contributed by atoms with Crippen molar-refractivity contribution in [3.63, 3.8) is 0 Å². The lowest BCUT2D eigenvalue weighted by Crippen LogP contribution is -1.98. The normalized spacial score (nSPS) is 13.1. The summed E-state index contributed by atoms with van der Waals surface area (Å²) in [6.07, 6.45) is 1.06. The Morgan fingerprint density at radius 1 is 0.933 bits per heavy atom. The van der Waals surface area contributed by atoms with Gasteiger partial charge < -0.3 is 0 Å². The van der Waals surface area contributed by atoms with Gasteiger partial charge in [0.1, 0.15) is 0 Å². The average Bonchev–Trinajstić information content (AvgIpc) is 2.26. The Labute approximate surface area is 102 Å². The zero-order chi connectivity index (χ0) is 10.3. The zero-order valence-corrected chi connectivity index (χ0v) is 10.4. The second-order valence-corrected chi connectivity index (χ2v) is 5.64. The molecule has 0 aliphatic carbocycles. The Morgan fingerprint density at radius 3 is 2.67 bits per heavy atom. The number of benzene rings is 2. The fourth-order valence-corrected chi connectivity index (χ4v) is 3.47. The third-order valence-corrected chi connectivity index (χ3v) is 4.31. The van der Waals surface area contributed by atoms with Gasteiger partial charge >= 0.3 is 0 Å². The Balaban J connectivity index is 2.11. The number of hydrogen-bond donors (Lipinski definition) is 0. The molecule has 0 saturated carbocycles. The Bertz CT molecular complexity index is 520. The van der Waals surface area contributed by atoms with E-state index < -0.39 is 0 Å². The smallest absolute Gasteiger partial charge is 0.0186 e. The van der Waals surface area contributed by atoms with Crippen molar-refractivity contribution in [2.24, 2.45) is 0 Å². The second-order valence-electron chi connectivity index (χ2n) is 3.64. The Morgan fingerprint density at radius 2 is 1.73 bits per heavy atom. The van der Waals surface area contributed by atoms with Gasteiger partial charge in [-0.05, 0) is 35.7 Å². The van der Waals surface area contributed by atoms with E-state index >= 15 is 0 Å². The van der Waals surface area contributed by atoms with Gasteiger partial charge in [0.2, 0.25) is 0 Å². The van der Waals surface area contributed by atoms with Crippen LogP contribution in [0.1, 0.15) is 11.1 Å². The molecular weight excluding hydrogens is 268 g/mol. The standard InChI is InChI=1S/C13H9BrS/c14-11-6-5-10-7-9-3-1-2-4-12(9)15-13(10)8-11/h1-6,8H,7H2. The minimum absolute atomic E-state index is 1.06. The summed E-state index contributed by atoms with van der Waals surface area (Å²) in [5.41, 5.74) is 2.87. The van der Waals surface area contributed by atoms with E-state index in [9.17, 15) is 0 Å². The molecular formula is C13H9BrS. The third kappa shape index (κ3) is 1.72. The average molecular weight is 277 g/mol. The van der Waals surface area contributed by atoms with E-state index in [1.54, 1.807) is 0 Å². The minimum atomic E-state index is 1.06. The van der Waals surface area contributed by atoms with Gasteiger partial charge in [-0.25, -0.2) is 0 Å². The molecule has 0 N–H and O–H groups in total. The zero-order valence-electron chi connectivity index (χ0n) is 8.03. The highest BCUT2D eigenvalue weighted by molar-refractivity contribution is 9.10. The van der Waals surface area contributed by atoms with Crippen LogP contribution in [0.4, 0.5) is 0 Å². The summed E-state index contributed by atoms with van der Waals surface area (Å²) >= 11 is 5.38. The van der Waals surface area contributed by atoms with Crippen LogP contribution in [0, 0.1) is 0 Å². The van der Waals surface area contributed by atoms with Gasteiger partial charge in [-0.1, -0.05) is 52.0 Å². The lowest BCUT2D eigenvalue weighted by atomic mass is 10.0. The fraction of sp³-hybridized carbons (Fsp3) is 0.0769. The lowest BCUT2D eigenvalue weighted by Gasteiger charge is -2.18. The molecule has 1 aliphatic rings. The molecule has 1 aliphatic heterocycles. The minimum Gasteiger partial charge on any atom is -0.0895 e. The van der Waals surface area contributed by atoms with Gasteiger partial charge in [0, 0.05) is 14.3 Å². The molecule has 15 heavy (non-hydrogen) atoms. The van der Waals surface area contributed by atoms with Gasteiger partial charge in [0.25, 0.3) is 0 Å². The van der Waals surface area contributed by atoms with E-state index in [4.69, 9.17) is 0 Å². The van der Waals surface area contributed by atoms with Gasteiger partial charge in [-0.3, -0.25) is 0 Å². The largest absolute Gasteiger partial charge is 0.0895 e. The third-order valence-electron chi connectivity index (χ3n) is 2.60. The van der Waals surface area contributed by atoms with Crippen molar-refractivity contribution in [1.29, 1.82) is 0 Å². The monoisotopic (exact) mass is 276 g/mol. The summed E-state index contributed by atoms with van der Waals surface area (Å²) in [4.78, 5) is 2.77. The molecule has 0 atom stereocenters. The highest BCUT2D eigenvalue weighted by Gasteiger charge is 2.15. The molecule has 0 spiro atoms. The SMILES string of the molecule is Brc1ccc2c(c1)Sc1ccccc1C2. The van der Waals surface area contributed by atoms with Crippen molar-refractivity contribution in [1.82, 2.24) is 0 Å². The highest BCUT2D eigenvalue weighted by Crippen LogP contribution is 2.40. The maximum atomic E-state index is 3.52. The van der Waals surface area contributed by atoms with E-state index in [0.29, 0.717) is 0 Å². The summed E-state index contributed by atoms with van der Waals surface area (Å²) in [5.74, 6) is 0. The van der Waals surface area contributed by atoms with Gasteiger partial charge in [-0.2, -0.15) is 0 Å². The van der Waals surface area contributed by atoms with Crippen LogP contribution in [0.5, 0.6) is 0 Å². The molecule has 2 aromatic carbocycles. The van der Waals surface area contributed by atoms with Crippen LogP contribution >= 0.6 is 27.7 Å². The predicted octanol–water partition coefficient (Wildman–Crippen LogP) is 4.50. The van der Waals surface area contributed by atoms with Crippen molar-refractivity contribution in [2.45, 2.75) is 16.2 Å². The number of halogens is 1. The molecule has 0 unspecified atom stereocenters. The van der Waals surface area contributed by atoms with Gasteiger partial charge in [-0.15, -0.1) is 0 Å². The maximum Gasteiger partial charge on any atom is 0.0186 e. The number of hydrogen-bond acceptors (Lipinski definition) is 1. The van der Waals surface area contributed by atoms with E-state index in [-0.39, 0.29) is 0 Å². The van der Waals surface area contributed by atoms with E-state index in [1.165, 1.54) is 20.9 Å². The second kappa shape index (κ2) is 3.69. The summed E-state index contributed by atoms with van der Waals surface area (Å²) in [6.45, 7) is 0. The van der Waals surface area contributed by atoms with Crippen LogP contribution in [-0.4, -0.2) is 0 Å². The van der Waals surface area contributed by atoms with Crippen molar-refractivity contribution in [3.8, 4) is 0 Å². The molecule has 0 bridgehead atoms. The molecule has 1 heterocycles. The first-order valence-corrected chi connectivity index (χ1v) is 6.48. The molecule has 2 heteroatoms. The van der Waals surface area contributed by atoms with Crippen LogP contribution in [0.2, 0.25) is 0 Å². The van der Waals surface area contributed by atoms with Crippen molar-refractivity contribution in [3.05, 3.63) is 58.1 Å². The summed E-state index contributed by atoms with van der Waals surface area (Å²) < 4.78 is 1.16. The molecule has 0 saturated heterocycles. The molecule has 3 rings (SSSR count). The topological polar surface area (TPSA) is 0 Å². The number of fused-ring (bicyclic) bond motifs is 2. The van der Waals surface area contributed by atoms with Crippen molar-refractivity contribution >= 4 is 27.7 Å². The fourth-order valence-electron chi connectivity index (χ4n) is 1.84. The molecule has 0 radical (unpaired) electrons. The van der Waals surface area contributed by atoms with Gasteiger partial charge in [0.15, 0.2) is 0 Å². The van der Waals surface area contributed by atoms with Crippen molar-refractivity contribution < 1.29 is 0 Å². The first-order chi connectivity index (χ1) is 7.33. The van der Waals surface area contributed by atoms with Crippen LogP contribution in [0.15, 0.2) is 56.7 Å². The summed E-state index contributed by atoms with van der Waals surface area (Å²) in [7, 11) is 0. The quantitative estimate of drug-likeness (QED) is 0.583. The van der Waals surface area contributed by atoms with Crippen LogP contribution in [-0.2, 0) is 6.42 Å². The molecule has 0 fully saturated rings. The lowest BCUT2D eigenvalue weighted by molar-refractivity contribution is 1.05. The predicted molar refractivity (Wildman–Crippen MR) is 67.5 cm³/mol. The van der Waals surface area contributed by atoms with Crippen LogP contribution in [0.25, 0.3) is 0 Å². The van der Waals surface area contributed by atoms with Crippen molar-refractivity contribution in [2.75, 3.05) is 0 Å². The Kier molecular flexibility index (Phi) is 2.33. The van der Waals surface area contributed by atoms with E-state index in [0.717, 1.165) is 10.9 Å². The molecule has 74 valence electrons. The first-order valence-electron chi connectivity index (χ1n) is 4.87. The molecule has 0 amide bonds. The maximum absolute atomic E-state index is 3.52. The Hall–Kier alpha value is -0.730. The van der Waals surface area contributed by atoms with Gasteiger partial charge in [0.05, 0.1) is 0 Å². The number of rotatable bonds is 0. The van der Waals surface area contributed by atoms with E-state index in [1.807, 2.05) is 11.8 Å². The van der Waals surface area contributed by atoms with Crippen LogP contribution in [0.3, 0.4) is 0 Å². The first kappa shape index (κ1) is 9.49.